The van der Waals surface area contributed by atoms with Gasteiger partial charge in [-0.15, -0.1) is 0 Å². The molecule has 0 saturated heterocycles. The van der Waals surface area contributed by atoms with Gasteiger partial charge in [0.2, 0.25) is 0 Å². The van der Waals surface area contributed by atoms with Crippen LogP contribution in [-0.4, -0.2) is 19.4 Å². The fourth-order valence-corrected chi connectivity index (χ4v) is 0. The van der Waals surface area contributed by atoms with Crippen molar-refractivity contribution in [1.29, 1.82) is 0 Å². The second-order valence-corrected chi connectivity index (χ2v) is 2.93. The molecule has 0 aromatic rings. The van der Waals surface area contributed by atoms with E-state index in [0.717, 1.165) is 0 Å². The fourth-order valence-electron chi connectivity index (χ4n) is 0. The zero-order chi connectivity index (χ0) is 9.65. The molecule has 0 saturated carbocycles. The summed E-state index contributed by atoms with van der Waals surface area (Å²) in [4.78, 5) is 9.60. The topological polar surface area (TPSA) is 112 Å². The predicted octanol–water partition coefficient (Wildman–Crippen LogP) is -0.707. The van der Waals surface area contributed by atoms with Crippen molar-refractivity contribution in [3.8, 4) is 0 Å². The molecular weight excluding hydrogens is 196 g/mol. The van der Waals surface area contributed by atoms with E-state index in [9.17, 15) is 4.79 Å². The predicted molar refractivity (Wildman–Crippen MR) is 28.3 cm³/mol. The normalized spacial score (nSPS) is 9.36. The van der Waals surface area contributed by atoms with Crippen molar-refractivity contribution in [3.05, 3.63) is 12.2 Å². The Hall–Kier alpha value is -0.738. The Morgan fingerprint density at radius 2 is 1.45 bits per heavy atom. The third-order valence-corrected chi connectivity index (χ3v) is 0.365. The average molecular weight is 204 g/mol. The molecule has 7 heteroatoms. The Morgan fingerprint density at radius 3 is 1.45 bits per heavy atom. The fraction of sp³-hybridized carbons (Fsp3) is 0.250. The summed E-state index contributed by atoms with van der Waals surface area (Å²) in [5.74, 6) is -0.935. The van der Waals surface area contributed by atoms with Crippen LogP contribution in [0.1, 0.15) is 6.92 Å². The van der Waals surface area contributed by atoms with Gasteiger partial charge in [-0.25, -0.2) is 4.79 Å². The minimum absolute atomic E-state index is 0.176. The van der Waals surface area contributed by atoms with E-state index in [2.05, 4.69) is 6.58 Å². The van der Waals surface area contributed by atoms with Crippen LogP contribution in [0.2, 0.25) is 0 Å². The van der Waals surface area contributed by atoms with Gasteiger partial charge in [-0.2, -0.15) is 0 Å². The summed E-state index contributed by atoms with van der Waals surface area (Å²) in [5, 5.41) is 7.89. The van der Waals surface area contributed by atoms with Gasteiger partial charge in [-0.3, -0.25) is 0 Å². The number of carboxylic acid groups (broad SMARTS) is 1. The summed E-state index contributed by atoms with van der Waals surface area (Å²) >= 11 is -5.25. The third kappa shape index (κ3) is 45.9. The van der Waals surface area contributed by atoms with E-state index in [0.29, 0.717) is 0 Å². The van der Waals surface area contributed by atoms with Gasteiger partial charge in [-0.1, -0.05) is 6.58 Å². The molecule has 0 heterocycles. The van der Waals surface area contributed by atoms with Gasteiger partial charge in [0, 0.05) is 5.57 Å². The molecule has 0 aromatic carbocycles. The van der Waals surface area contributed by atoms with E-state index in [1.807, 2.05) is 0 Å². The van der Waals surface area contributed by atoms with Gasteiger partial charge in [0.25, 0.3) is 0 Å². The van der Waals surface area contributed by atoms with E-state index in [1.54, 1.807) is 0 Å². The number of rotatable bonds is 1. The number of hydrogen-bond acceptors (Lipinski definition) is 3. The maximum atomic E-state index is 9.60. The van der Waals surface area contributed by atoms with Crippen molar-refractivity contribution in [2.75, 3.05) is 0 Å². The zero-order valence-corrected chi connectivity index (χ0v) is 6.96. The molecule has 0 aliphatic rings. The molecule has 11 heavy (non-hydrogen) atoms. The maximum absolute atomic E-state index is 9.60. The van der Waals surface area contributed by atoms with Crippen LogP contribution < -0.4 is 0 Å². The van der Waals surface area contributed by atoms with Crippen LogP contribution in [0.4, 0.5) is 0 Å². The molecule has 0 aromatic heterocycles. The van der Waals surface area contributed by atoms with Gasteiger partial charge in [0.15, 0.2) is 0 Å². The van der Waals surface area contributed by atoms with Gasteiger partial charge < -0.3 is 5.11 Å². The number of hydrogen-bond donors (Lipinski definition) is 3. The quantitative estimate of drug-likeness (QED) is 0.486. The van der Waals surface area contributed by atoms with E-state index < -0.39 is 19.6 Å². The first kappa shape index (κ1) is 12.9. The van der Waals surface area contributed by atoms with Crippen LogP contribution in [-0.2, 0) is 26.0 Å². The molecule has 0 unspecified atom stereocenters. The van der Waals surface area contributed by atoms with Crippen molar-refractivity contribution in [1.82, 2.24) is 0 Å². The summed E-state index contributed by atoms with van der Waals surface area (Å²) in [6.45, 7) is 4.60. The van der Waals surface area contributed by atoms with Gasteiger partial charge in [-0.05, 0) is 6.92 Å². The van der Waals surface area contributed by atoms with Crippen molar-refractivity contribution < 1.29 is 39.4 Å². The summed E-state index contributed by atoms with van der Waals surface area (Å²) in [6.07, 6.45) is 0. The molecule has 6 nitrogen and oxygen atoms in total. The Morgan fingerprint density at radius 1 is 1.36 bits per heavy atom. The Balaban J connectivity index is 0. The van der Waals surface area contributed by atoms with Crippen LogP contribution in [0, 0.1) is 0 Å². The van der Waals surface area contributed by atoms with Crippen LogP contribution in [0.15, 0.2) is 12.2 Å². The summed E-state index contributed by atoms with van der Waals surface area (Å²) in [6, 6.07) is 0. The molecule has 3 N–H and O–H groups in total. The first-order valence-electron chi connectivity index (χ1n) is 2.23. The molecule has 66 valence electrons. The van der Waals surface area contributed by atoms with E-state index in [1.165, 1.54) is 6.92 Å². The number of carbonyl (C=O) groups is 1. The molecule has 0 rings (SSSR count). The second-order valence-electron chi connectivity index (χ2n) is 1.53. The first-order valence-corrected chi connectivity index (χ1v) is 4.41. The molecule has 0 fully saturated rings. The van der Waals surface area contributed by atoms with E-state index in [-0.39, 0.29) is 5.57 Å². The number of aliphatic carboxylic acids is 1. The van der Waals surface area contributed by atoms with Crippen LogP contribution in [0.25, 0.3) is 0 Å². The first-order chi connectivity index (χ1) is 4.64. The zero-order valence-electron chi connectivity index (χ0n) is 5.68. The van der Waals surface area contributed by atoms with Crippen molar-refractivity contribution in [3.63, 3.8) is 0 Å². The van der Waals surface area contributed by atoms with E-state index in [4.69, 9.17) is 21.0 Å². The average Bonchev–Trinajstić information content (AvgIpc) is 1.59. The summed E-state index contributed by atoms with van der Waals surface area (Å²) in [7, 11) is 0. The monoisotopic (exact) mass is 204 g/mol. The Kier molecular flexibility index (Phi) is 5.84. The summed E-state index contributed by atoms with van der Waals surface area (Å²) < 4.78 is 31.9. The Labute approximate surface area is 65.2 Å². The van der Waals surface area contributed by atoms with Gasteiger partial charge >= 0.3 is 35.5 Å². The van der Waals surface area contributed by atoms with Crippen LogP contribution >= 0.6 is 0 Å². The van der Waals surface area contributed by atoms with E-state index >= 15 is 0 Å². The van der Waals surface area contributed by atoms with Gasteiger partial charge in [0.05, 0.1) is 0 Å². The van der Waals surface area contributed by atoms with Crippen molar-refractivity contribution in [2.45, 2.75) is 6.92 Å². The molecule has 0 aliphatic heterocycles. The molecule has 0 aliphatic carbocycles. The SMILES string of the molecule is C=C(C)C(=O)O.[O]=[Cr](=[O])([OH])[OH]. The van der Waals surface area contributed by atoms with Crippen molar-refractivity contribution in [2.24, 2.45) is 0 Å². The Bertz CT molecular complexity index is 217. The molecule has 0 bridgehead atoms. The second kappa shape index (κ2) is 4.99. The summed E-state index contributed by atoms with van der Waals surface area (Å²) in [5.41, 5.74) is 0.176. The standard InChI is InChI=1S/C4H6O2.Cr.2H2O.2O/c1-3(2)4(5)6;;;;;/h1H2,2H3,(H,5,6);;2*1H2;;/q;+2;;;;/p-2. The molecule has 0 amide bonds. The molecule has 0 radical (unpaired) electrons. The van der Waals surface area contributed by atoms with Gasteiger partial charge in [0.1, 0.15) is 0 Å². The molecular formula is C4H8CrO6. The molecule has 0 spiro atoms. The van der Waals surface area contributed by atoms with Crippen LogP contribution in [0.5, 0.6) is 0 Å². The number of carboxylic acids is 1. The molecule has 0 atom stereocenters. The third-order valence-electron chi connectivity index (χ3n) is 0.365. The van der Waals surface area contributed by atoms with Crippen molar-refractivity contribution >= 4 is 5.97 Å². The van der Waals surface area contributed by atoms with Crippen LogP contribution in [0.3, 0.4) is 0 Å². The minimum atomic E-state index is -5.25.